The number of hydrogen-bond acceptors (Lipinski definition) is 3. The first kappa shape index (κ1) is 23.5. The minimum absolute atomic E-state index is 0.0729. The number of carbonyl (C=O) groups excluding carboxylic acids is 2. The van der Waals surface area contributed by atoms with Gasteiger partial charge in [0.05, 0.1) is 11.0 Å². The molecule has 3 rings (SSSR count). The molecule has 1 atom stereocenters. The quantitative estimate of drug-likeness (QED) is 0.480. The molecule has 3 aromatic rings. The molecule has 2 amide bonds. The van der Waals surface area contributed by atoms with E-state index in [9.17, 15) is 9.59 Å². The standard InChI is InChI=1S/C26H34N4O2/c1-4-18-30(19-5-2)24(32)17-11-16-23(31)28-25(20-12-7-6-8-13-20)26-27-21-14-9-10-15-22(21)29(26)3/h6-10,12-15,25H,4-5,11,16-19H2,1-3H3,(H,28,31). The van der Waals surface area contributed by atoms with Gasteiger partial charge in [-0.15, -0.1) is 0 Å². The van der Waals surface area contributed by atoms with E-state index in [1.54, 1.807) is 0 Å². The number of aryl methyl sites for hydroxylation is 1. The summed E-state index contributed by atoms with van der Waals surface area (Å²) >= 11 is 0. The molecule has 1 N–H and O–H groups in total. The fourth-order valence-electron chi connectivity index (χ4n) is 4.06. The van der Waals surface area contributed by atoms with Gasteiger partial charge in [-0.25, -0.2) is 4.98 Å². The van der Waals surface area contributed by atoms with Gasteiger partial charge in [-0.05, 0) is 37.0 Å². The summed E-state index contributed by atoms with van der Waals surface area (Å²) in [5.74, 6) is 0.853. The molecule has 32 heavy (non-hydrogen) atoms. The van der Waals surface area contributed by atoms with Gasteiger partial charge in [0.1, 0.15) is 11.9 Å². The van der Waals surface area contributed by atoms with Crippen LogP contribution in [-0.4, -0.2) is 39.4 Å². The van der Waals surface area contributed by atoms with Gasteiger partial charge in [0.2, 0.25) is 11.8 Å². The highest BCUT2D eigenvalue weighted by Crippen LogP contribution is 2.25. The van der Waals surface area contributed by atoms with E-state index in [4.69, 9.17) is 4.98 Å². The molecular weight excluding hydrogens is 400 g/mol. The van der Waals surface area contributed by atoms with E-state index in [1.807, 2.05) is 71.1 Å². The Balaban J connectivity index is 1.70. The Morgan fingerprint density at radius 1 is 0.969 bits per heavy atom. The number of para-hydroxylation sites is 2. The van der Waals surface area contributed by atoms with Crippen LogP contribution in [0.15, 0.2) is 54.6 Å². The number of hydrogen-bond donors (Lipinski definition) is 1. The monoisotopic (exact) mass is 434 g/mol. The summed E-state index contributed by atoms with van der Waals surface area (Å²) in [5, 5.41) is 3.16. The van der Waals surface area contributed by atoms with Crippen LogP contribution in [0.5, 0.6) is 0 Å². The summed E-state index contributed by atoms with van der Waals surface area (Å²) in [6, 6.07) is 17.5. The normalized spacial score (nSPS) is 12.0. The highest BCUT2D eigenvalue weighted by Gasteiger charge is 2.22. The Labute approximate surface area is 190 Å². The predicted molar refractivity (Wildman–Crippen MR) is 128 cm³/mol. The zero-order valence-electron chi connectivity index (χ0n) is 19.4. The molecule has 0 aliphatic carbocycles. The molecule has 0 saturated heterocycles. The number of nitrogens with zero attached hydrogens (tertiary/aromatic N) is 3. The summed E-state index contributed by atoms with van der Waals surface area (Å²) in [5.41, 5.74) is 2.90. The maximum Gasteiger partial charge on any atom is 0.222 e. The second-order valence-electron chi connectivity index (χ2n) is 8.16. The van der Waals surface area contributed by atoms with E-state index in [-0.39, 0.29) is 17.9 Å². The van der Waals surface area contributed by atoms with Crippen molar-refractivity contribution in [2.24, 2.45) is 7.05 Å². The van der Waals surface area contributed by atoms with Crippen LogP contribution in [0, 0.1) is 0 Å². The Hall–Kier alpha value is -3.15. The summed E-state index contributed by atoms with van der Waals surface area (Å²) in [7, 11) is 1.97. The lowest BCUT2D eigenvalue weighted by Gasteiger charge is -2.22. The predicted octanol–water partition coefficient (Wildman–Crippen LogP) is 4.60. The van der Waals surface area contributed by atoms with Gasteiger partial charge in [0, 0.05) is 33.0 Å². The smallest absolute Gasteiger partial charge is 0.222 e. The summed E-state index contributed by atoms with van der Waals surface area (Å²) in [6.07, 6.45) is 3.14. The number of nitrogens with one attached hydrogen (secondary N) is 1. The number of benzene rings is 2. The van der Waals surface area contributed by atoms with Crippen molar-refractivity contribution >= 4 is 22.8 Å². The highest BCUT2D eigenvalue weighted by molar-refractivity contribution is 5.80. The van der Waals surface area contributed by atoms with E-state index in [1.165, 1.54) is 0 Å². The lowest BCUT2D eigenvalue weighted by atomic mass is 10.1. The lowest BCUT2D eigenvalue weighted by molar-refractivity contribution is -0.131. The molecule has 2 aromatic carbocycles. The highest BCUT2D eigenvalue weighted by atomic mass is 16.2. The Bertz CT molecular complexity index is 1020. The van der Waals surface area contributed by atoms with Crippen LogP contribution < -0.4 is 5.32 Å². The van der Waals surface area contributed by atoms with Crippen molar-refractivity contribution in [3.05, 3.63) is 66.0 Å². The van der Waals surface area contributed by atoms with Gasteiger partial charge in [0.25, 0.3) is 0 Å². The molecule has 0 bridgehead atoms. The Morgan fingerprint density at radius 3 is 2.28 bits per heavy atom. The molecule has 1 unspecified atom stereocenters. The third-order valence-corrected chi connectivity index (χ3v) is 5.65. The van der Waals surface area contributed by atoms with E-state index >= 15 is 0 Å². The van der Waals surface area contributed by atoms with Crippen LogP contribution in [-0.2, 0) is 16.6 Å². The molecule has 0 spiro atoms. The molecule has 1 aromatic heterocycles. The van der Waals surface area contributed by atoms with Crippen LogP contribution in [0.4, 0.5) is 0 Å². The van der Waals surface area contributed by atoms with Gasteiger partial charge in [-0.3, -0.25) is 9.59 Å². The van der Waals surface area contributed by atoms with Crippen molar-refractivity contribution < 1.29 is 9.59 Å². The van der Waals surface area contributed by atoms with E-state index in [2.05, 4.69) is 19.2 Å². The number of rotatable bonds is 11. The van der Waals surface area contributed by atoms with Gasteiger partial charge < -0.3 is 14.8 Å². The zero-order valence-corrected chi connectivity index (χ0v) is 19.4. The summed E-state index contributed by atoms with van der Waals surface area (Å²) in [4.78, 5) is 32.1. The molecule has 1 heterocycles. The number of aromatic nitrogens is 2. The largest absolute Gasteiger partial charge is 0.343 e. The van der Waals surface area contributed by atoms with Crippen molar-refractivity contribution in [3.63, 3.8) is 0 Å². The van der Waals surface area contributed by atoms with Gasteiger partial charge in [-0.1, -0.05) is 56.3 Å². The second kappa shape index (κ2) is 11.5. The van der Waals surface area contributed by atoms with E-state index in [0.717, 1.165) is 48.4 Å². The average molecular weight is 435 g/mol. The van der Waals surface area contributed by atoms with Crippen LogP contribution in [0.3, 0.4) is 0 Å². The average Bonchev–Trinajstić information content (AvgIpc) is 3.14. The SMILES string of the molecule is CCCN(CCC)C(=O)CCCC(=O)NC(c1ccccc1)c1nc2ccccc2n1C. The first-order valence-electron chi connectivity index (χ1n) is 11.6. The Kier molecular flexibility index (Phi) is 8.42. The topological polar surface area (TPSA) is 67.2 Å². The van der Waals surface area contributed by atoms with Gasteiger partial charge in [0.15, 0.2) is 0 Å². The fourth-order valence-corrected chi connectivity index (χ4v) is 4.06. The van der Waals surface area contributed by atoms with Crippen LogP contribution >= 0.6 is 0 Å². The summed E-state index contributed by atoms with van der Waals surface area (Å²) < 4.78 is 2.03. The van der Waals surface area contributed by atoms with Crippen LogP contribution in [0.1, 0.15) is 63.4 Å². The number of amides is 2. The second-order valence-corrected chi connectivity index (χ2v) is 8.16. The van der Waals surface area contributed by atoms with E-state index in [0.29, 0.717) is 19.3 Å². The van der Waals surface area contributed by atoms with Crippen molar-refractivity contribution in [2.75, 3.05) is 13.1 Å². The van der Waals surface area contributed by atoms with Gasteiger partial charge in [-0.2, -0.15) is 0 Å². The van der Waals surface area contributed by atoms with Crippen molar-refractivity contribution in [3.8, 4) is 0 Å². The van der Waals surface area contributed by atoms with Crippen LogP contribution in [0.25, 0.3) is 11.0 Å². The van der Waals surface area contributed by atoms with Gasteiger partial charge >= 0.3 is 0 Å². The number of imidazole rings is 1. The number of fused-ring (bicyclic) bond motifs is 1. The Morgan fingerprint density at radius 2 is 1.62 bits per heavy atom. The van der Waals surface area contributed by atoms with E-state index < -0.39 is 0 Å². The molecule has 0 fully saturated rings. The maximum absolute atomic E-state index is 12.9. The molecule has 6 nitrogen and oxygen atoms in total. The molecule has 0 radical (unpaired) electrons. The first-order chi connectivity index (χ1) is 15.5. The van der Waals surface area contributed by atoms with Crippen molar-refractivity contribution in [2.45, 2.75) is 52.0 Å². The molecule has 170 valence electrons. The number of carbonyl (C=O) groups is 2. The first-order valence-corrected chi connectivity index (χ1v) is 11.6. The molecular formula is C26H34N4O2. The molecule has 0 aliphatic heterocycles. The van der Waals surface area contributed by atoms with Crippen molar-refractivity contribution in [1.82, 2.24) is 19.8 Å². The molecule has 6 heteroatoms. The minimum Gasteiger partial charge on any atom is -0.343 e. The van der Waals surface area contributed by atoms with Crippen LogP contribution in [0.2, 0.25) is 0 Å². The zero-order chi connectivity index (χ0) is 22.9. The third-order valence-electron chi connectivity index (χ3n) is 5.65. The van der Waals surface area contributed by atoms with Crippen molar-refractivity contribution in [1.29, 1.82) is 0 Å². The fraction of sp³-hybridized carbons (Fsp3) is 0.423. The molecule has 0 saturated carbocycles. The maximum atomic E-state index is 12.9. The lowest BCUT2D eigenvalue weighted by Crippen LogP contribution is -2.33. The minimum atomic E-state index is -0.353. The molecule has 0 aliphatic rings. The summed E-state index contributed by atoms with van der Waals surface area (Å²) in [6.45, 7) is 5.71. The third kappa shape index (κ3) is 5.75.